The first-order chi connectivity index (χ1) is 12.3. The quantitative estimate of drug-likeness (QED) is 0.843. The van der Waals surface area contributed by atoms with Crippen molar-refractivity contribution in [3.05, 3.63) is 65.5 Å². The Morgan fingerprint density at radius 2 is 1.48 bits per heavy atom. The second-order valence-corrected chi connectivity index (χ2v) is 6.10. The van der Waals surface area contributed by atoms with E-state index in [9.17, 15) is 4.79 Å². The number of ether oxygens (including phenoxy) is 1. The summed E-state index contributed by atoms with van der Waals surface area (Å²) in [4.78, 5) is 18.2. The summed E-state index contributed by atoms with van der Waals surface area (Å²) in [6.07, 6.45) is 3.43. The number of nitrogens with one attached hydrogen (secondary N) is 2. The van der Waals surface area contributed by atoms with Gasteiger partial charge >= 0.3 is 6.03 Å². The molecule has 0 saturated carbocycles. The maximum Gasteiger partial charge on any atom is 0.315 e. The molecule has 0 unspecified atom stereocenters. The average Bonchev–Trinajstić information content (AvgIpc) is 2.67. The highest BCUT2D eigenvalue weighted by Crippen LogP contribution is 2.09. The number of carbonyl (C=O) groups is 1. The molecule has 2 aromatic rings. The van der Waals surface area contributed by atoms with E-state index >= 15 is 0 Å². The molecule has 2 heterocycles. The molecule has 1 aromatic carbocycles. The molecule has 0 radical (unpaired) electrons. The number of morpholine rings is 1. The molecule has 1 fully saturated rings. The first kappa shape index (κ1) is 17.4. The van der Waals surface area contributed by atoms with Crippen molar-refractivity contribution in [1.82, 2.24) is 20.5 Å². The molecule has 6 nitrogen and oxygen atoms in total. The summed E-state index contributed by atoms with van der Waals surface area (Å²) >= 11 is 0. The smallest absolute Gasteiger partial charge is 0.315 e. The molecule has 0 spiro atoms. The molecule has 1 aromatic heterocycles. The molecule has 1 aliphatic rings. The second kappa shape index (κ2) is 9.15. The van der Waals surface area contributed by atoms with E-state index in [2.05, 4.69) is 44.8 Å². The van der Waals surface area contributed by atoms with Crippen LogP contribution in [0.2, 0.25) is 0 Å². The number of carbonyl (C=O) groups excluding carboxylic acids is 1. The van der Waals surface area contributed by atoms with Crippen molar-refractivity contribution < 1.29 is 9.53 Å². The average molecular weight is 340 g/mol. The van der Waals surface area contributed by atoms with Gasteiger partial charge in [0.2, 0.25) is 0 Å². The van der Waals surface area contributed by atoms with Gasteiger partial charge in [-0.2, -0.15) is 0 Å². The van der Waals surface area contributed by atoms with Crippen LogP contribution in [-0.4, -0.2) is 42.2 Å². The third kappa shape index (κ3) is 5.85. The van der Waals surface area contributed by atoms with Crippen molar-refractivity contribution in [2.45, 2.75) is 19.6 Å². The number of hydrogen-bond donors (Lipinski definition) is 2. The van der Waals surface area contributed by atoms with Gasteiger partial charge in [0.1, 0.15) is 0 Å². The number of rotatable bonds is 6. The molecule has 0 atom stereocenters. The summed E-state index contributed by atoms with van der Waals surface area (Å²) in [5.74, 6) is 0. The molecule has 0 aliphatic carbocycles. The van der Waals surface area contributed by atoms with Crippen LogP contribution in [0.15, 0.2) is 48.8 Å². The van der Waals surface area contributed by atoms with Crippen LogP contribution in [0.4, 0.5) is 4.79 Å². The van der Waals surface area contributed by atoms with Crippen molar-refractivity contribution in [2.24, 2.45) is 0 Å². The first-order valence-electron chi connectivity index (χ1n) is 8.58. The summed E-state index contributed by atoms with van der Waals surface area (Å²) < 4.78 is 5.37. The van der Waals surface area contributed by atoms with E-state index in [1.54, 1.807) is 12.4 Å². The van der Waals surface area contributed by atoms with Gasteiger partial charge in [-0.3, -0.25) is 9.88 Å². The predicted octanol–water partition coefficient (Wildman–Crippen LogP) is 1.91. The van der Waals surface area contributed by atoms with Crippen LogP contribution in [0.25, 0.3) is 0 Å². The third-order valence-corrected chi connectivity index (χ3v) is 4.19. The van der Waals surface area contributed by atoms with E-state index in [1.807, 2.05) is 12.1 Å². The second-order valence-electron chi connectivity index (χ2n) is 6.10. The van der Waals surface area contributed by atoms with Crippen LogP contribution in [0.1, 0.15) is 16.7 Å². The minimum absolute atomic E-state index is 0.172. The largest absolute Gasteiger partial charge is 0.379 e. The van der Waals surface area contributed by atoms with E-state index in [4.69, 9.17) is 4.74 Å². The van der Waals surface area contributed by atoms with Gasteiger partial charge in [0.05, 0.1) is 13.2 Å². The molecular weight excluding hydrogens is 316 g/mol. The Balaban J connectivity index is 1.39. The number of amides is 2. The van der Waals surface area contributed by atoms with E-state index < -0.39 is 0 Å². The molecule has 3 rings (SSSR count). The first-order valence-corrected chi connectivity index (χ1v) is 8.58. The SMILES string of the molecule is O=C(NCc1ccncc1)NCc1ccc(CN2CCOCC2)cc1. The number of pyridine rings is 1. The van der Waals surface area contributed by atoms with Gasteiger partial charge < -0.3 is 15.4 Å². The van der Waals surface area contributed by atoms with Crippen LogP contribution < -0.4 is 10.6 Å². The van der Waals surface area contributed by atoms with E-state index in [1.165, 1.54) is 5.56 Å². The van der Waals surface area contributed by atoms with Gasteiger partial charge in [-0.1, -0.05) is 24.3 Å². The Morgan fingerprint density at radius 3 is 2.12 bits per heavy atom. The lowest BCUT2D eigenvalue weighted by molar-refractivity contribution is 0.0342. The lowest BCUT2D eigenvalue weighted by Gasteiger charge is -2.26. The topological polar surface area (TPSA) is 66.5 Å². The fourth-order valence-electron chi connectivity index (χ4n) is 2.71. The molecule has 0 bridgehead atoms. The van der Waals surface area contributed by atoms with Gasteiger partial charge in [-0.15, -0.1) is 0 Å². The Bertz CT molecular complexity index is 655. The van der Waals surface area contributed by atoms with Gasteiger partial charge in [0.25, 0.3) is 0 Å². The Kier molecular flexibility index (Phi) is 6.36. The molecule has 6 heteroatoms. The predicted molar refractivity (Wildman–Crippen MR) is 95.9 cm³/mol. The Labute approximate surface area is 148 Å². The van der Waals surface area contributed by atoms with Crippen molar-refractivity contribution in [3.63, 3.8) is 0 Å². The molecule has 2 amide bonds. The normalized spacial score (nSPS) is 14.9. The van der Waals surface area contributed by atoms with Gasteiger partial charge in [-0.05, 0) is 28.8 Å². The zero-order valence-corrected chi connectivity index (χ0v) is 14.3. The van der Waals surface area contributed by atoms with Crippen LogP contribution in [0, 0.1) is 0 Å². The summed E-state index contributed by atoms with van der Waals surface area (Å²) in [6.45, 7) is 5.56. The summed E-state index contributed by atoms with van der Waals surface area (Å²) in [5.41, 5.74) is 3.40. The van der Waals surface area contributed by atoms with Crippen molar-refractivity contribution >= 4 is 6.03 Å². The summed E-state index contributed by atoms with van der Waals surface area (Å²) in [5, 5.41) is 5.72. The van der Waals surface area contributed by atoms with Gasteiger partial charge in [-0.25, -0.2) is 4.79 Å². The van der Waals surface area contributed by atoms with Crippen molar-refractivity contribution in [3.8, 4) is 0 Å². The molecular formula is C19H24N4O2. The molecule has 2 N–H and O–H groups in total. The zero-order valence-electron chi connectivity index (χ0n) is 14.3. The highest BCUT2D eigenvalue weighted by atomic mass is 16.5. The van der Waals surface area contributed by atoms with Crippen LogP contribution in [0.5, 0.6) is 0 Å². The maximum absolute atomic E-state index is 11.9. The highest BCUT2D eigenvalue weighted by Gasteiger charge is 2.10. The third-order valence-electron chi connectivity index (χ3n) is 4.19. The van der Waals surface area contributed by atoms with Crippen LogP contribution >= 0.6 is 0 Å². The van der Waals surface area contributed by atoms with Crippen molar-refractivity contribution in [1.29, 1.82) is 0 Å². The molecule has 132 valence electrons. The monoisotopic (exact) mass is 340 g/mol. The number of urea groups is 1. The minimum Gasteiger partial charge on any atom is -0.379 e. The molecule has 25 heavy (non-hydrogen) atoms. The number of nitrogens with zero attached hydrogens (tertiary/aromatic N) is 2. The Morgan fingerprint density at radius 1 is 0.920 bits per heavy atom. The fourth-order valence-corrected chi connectivity index (χ4v) is 2.71. The maximum atomic E-state index is 11.9. The summed E-state index contributed by atoms with van der Waals surface area (Å²) in [6, 6.07) is 12.0. The van der Waals surface area contributed by atoms with Crippen molar-refractivity contribution in [2.75, 3.05) is 26.3 Å². The van der Waals surface area contributed by atoms with Gasteiger partial charge in [0.15, 0.2) is 0 Å². The zero-order chi connectivity index (χ0) is 17.3. The minimum atomic E-state index is -0.172. The van der Waals surface area contributed by atoms with Crippen LogP contribution in [0.3, 0.4) is 0 Å². The fraction of sp³-hybridized carbons (Fsp3) is 0.368. The van der Waals surface area contributed by atoms with E-state index in [-0.39, 0.29) is 6.03 Å². The highest BCUT2D eigenvalue weighted by molar-refractivity contribution is 5.73. The van der Waals surface area contributed by atoms with E-state index in [0.29, 0.717) is 13.1 Å². The lowest BCUT2D eigenvalue weighted by atomic mass is 10.1. The number of benzene rings is 1. The lowest BCUT2D eigenvalue weighted by Crippen LogP contribution is -2.35. The van der Waals surface area contributed by atoms with Crippen LogP contribution in [-0.2, 0) is 24.4 Å². The standard InChI is InChI=1S/C19H24N4O2/c24-19(22-14-17-5-7-20-8-6-17)21-13-16-1-3-18(4-2-16)15-23-9-11-25-12-10-23/h1-8H,9-15H2,(H2,21,22,24). The Hall–Kier alpha value is -2.44. The molecule has 1 aliphatic heterocycles. The molecule has 1 saturated heterocycles. The number of hydrogen-bond acceptors (Lipinski definition) is 4. The number of aromatic nitrogens is 1. The summed E-state index contributed by atoms with van der Waals surface area (Å²) in [7, 11) is 0. The van der Waals surface area contributed by atoms with E-state index in [0.717, 1.165) is 44.0 Å². The van der Waals surface area contributed by atoms with Gasteiger partial charge in [0, 0.05) is 45.1 Å².